The average molecular weight is 312 g/mol. The lowest BCUT2D eigenvalue weighted by Gasteiger charge is -2.20. The summed E-state index contributed by atoms with van der Waals surface area (Å²) >= 11 is 0. The van der Waals surface area contributed by atoms with Gasteiger partial charge in [0.1, 0.15) is 5.82 Å². The van der Waals surface area contributed by atoms with Crippen molar-refractivity contribution in [2.75, 3.05) is 13.1 Å². The molecule has 0 atom stereocenters. The van der Waals surface area contributed by atoms with Gasteiger partial charge in [-0.2, -0.15) is 0 Å². The molecular weight excluding hydrogens is 291 g/mol. The number of carbonyl (C=O) groups is 1. The quantitative estimate of drug-likeness (QED) is 0.760. The maximum atomic E-state index is 13.5. The smallest absolute Gasteiger partial charge is 0.234 e. The first-order valence-corrected chi connectivity index (χ1v) is 7.56. The Hall–Kier alpha value is -2.46. The molecule has 2 rings (SSSR count). The fourth-order valence-corrected chi connectivity index (χ4v) is 2.30. The number of benzene rings is 2. The van der Waals surface area contributed by atoms with Gasteiger partial charge in [-0.25, -0.2) is 4.39 Å². The molecule has 0 unspecified atom stereocenters. The molecule has 23 heavy (non-hydrogen) atoms. The normalized spacial score (nSPS) is 10.5. The minimum Gasteiger partial charge on any atom is -0.351 e. The zero-order valence-electron chi connectivity index (χ0n) is 13.0. The molecule has 0 bridgehead atoms. The van der Waals surface area contributed by atoms with E-state index >= 15 is 0 Å². The third-order valence-electron chi connectivity index (χ3n) is 3.44. The molecule has 4 heteroatoms. The van der Waals surface area contributed by atoms with Gasteiger partial charge in [0.25, 0.3) is 0 Å². The Kier molecular flexibility index (Phi) is 6.51. The summed E-state index contributed by atoms with van der Waals surface area (Å²) in [5.74, 6) is -0.439. The van der Waals surface area contributed by atoms with Gasteiger partial charge < -0.3 is 5.32 Å². The first-order chi connectivity index (χ1) is 11.2. The summed E-state index contributed by atoms with van der Waals surface area (Å²) in [6.07, 6.45) is 1.77. The number of hydrogen-bond acceptors (Lipinski definition) is 2. The molecule has 2 aromatic carbocycles. The molecule has 3 nitrogen and oxygen atoms in total. The van der Waals surface area contributed by atoms with Crippen molar-refractivity contribution >= 4 is 5.91 Å². The second kappa shape index (κ2) is 8.86. The summed E-state index contributed by atoms with van der Waals surface area (Å²) in [7, 11) is 0. The summed E-state index contributed by atoms with van der Waals surface area (Å²) in [6.45, 7) is 5.45. The van der Waals surface area contributed by atoms with Gasteiger partial charge in [-0.3, -0.25) is 9.69 Å². The molecule has 2 aromatic rings. The molecule has 0 saturated carbocycles. The van der Waals surface area contributed by atoms with Gasteiger partial charge in [0, 0.05) is 25.2 Å². The monoisotopic (exact) mass is 312 g/mol. The first kappa shape index (κ1) is 16.9. The second-order valence-electron chi connectivity index (χ2n) is 5.31. The van der Waals surface area contributed by atoms with Crippen molar-refractivity contribution in [3.8, 4) is 0 Å². The molecule has 0 spiro atoms. The van der Waals surface area contributed by atoms with E-state index in [0.29, 0.717) is 18.7 Å². The molecule has 0 radical (unpaired) electrons. The van der Waals surface area contributed by atoms with Crippen LogP contribution in [0, 0.1) is 5.82 Å². The van der Waals surface area contributed by atoms with E-state index in [9.17, 15) is 9.18 Å². The predicted molar refractivity (Wildman–Crippen MR) is 90.2 cm³/mol. The molecule has 0 fully saturated rings. The number of nitrogens with zero attached hydrogens (tertiary/aromatic N) is 1. The standard InChI is InChI=1S/C19H21FN2O/c1-2-12-22(14-16-8-4-3-5-9-16)15-19(23)21-13-17-10-6-7-11-18(17)20/h2-11H,1,12-15H2,(H,21,23). The molecule has 0 aliphatic carbocycles. The Morgan fingerprint density at radius 3 is 2.52 bits per heavy atom. The van der Waals surface area contributed by atoms with Gasteiger partial charge in [0.2, 0.25) is 5.91 Å². The highest BCUT2D eigenvalue weighted by Gasteiger charge is 2.10. The predicted octanol–water partition coefficient (Wildman–Crippen LogP) is 3.13. The Bertz CT molecular complexity index is 643. The summed E-state index contributed by atoms with van der Waals surface area (Å²) < 4.78 is 13.5. The van der Waals surface area contributed by atoms with Crippen LogP contribution in [0.15, 0.2) is 67.3 Å². The maximum Gasteiger partial charge on any atom is 0.234 e. The van der Waals surface area contributed by atoms with Crippen LogP contribution in [-0.2, 0) is 17.9 Å². The topological polar surface area (TPSA) is 32.3 Å². The van der Waals surface area contributed by atoms with Crippen LogP contribution in [0.25, 0.3) is 0 Å². The molecule has 1 amide bonds. The van der Waals surface area contributed by atoms with E-state index in [1.54, 1.807) is 24.3 Å². The first-order valence-electron chi connectivity index (χ1n) is 7.56. The van der Waals surface area contributed by atoms with Crippen LogP contribution in [0.4, 0.5) is 4.39 Å². The van der Waals surface area contributed by atoms with E-state index in [1.165, 1.54) is 6.07 Å². The van der Waals surface area contributed by atoms with Crippen molar-refractivity contribution in [1.29, 1.82) is 0 Å². The van der Waals surface area contributed by atoms with E-state index in [-0.39, 0.29) is 24.8 Å². The number of hydrogen-bond donors (Lipinski definition) is 1. The van der Waals surface area contributed by atoms with E-state index in [2.05, 4.69) is 11.9 Å². The van der Waals surface area contributed by atoms with Gasteiger partial charge in [-0.05, 0) is 11.6 Å². The van der Waals surface area contributed by atoms with E-state index in [4.69, 9.17) is 0 Å². The Morgan fingerprint density at radius 1 is 1.13 bits per heavy atom. The zero-order valence-corrected chi connectivity index (χ0v) is 13.0. The summed E-state index contributed by atoms with van der Waals surface area (Å²) in [5, 5.41) is 2.76. The highest BCUT2D eigenvalue weighted by Crippen LogP contribution is 2.06. The molecule has 0 heterocycles. The van der Waals surface area contributed by atoms with Crippen LogP contribution < -0.4 is 5.32 Å². The SMILES string of the molecule is C=CCN(CC(=O)NCc1ccccc1F)Cc1ccccc1. The van der Waals surface area contributed by atoms with Crippen molar-refractivity contribution in [2.24, 2.45) is 0 Å². The molecule has 0 aliphatic rings. The van der Waals surface area contributed by atoms with Crippen LogP contribution in [0.5, 0.6) is 0 Å². The Balaban J connectivity index is 1.88. The van der Waals surface area contributed by atoms with Crippen molar-refractivity contribution in [3.05, 3.63) is 84.2 Å². The highest BCUT2D eigenvalue weighted by atomic mass is 19.1. The minimum atomic E-state index is -0.306. The summed E-state index contributed by atoms with van der Waals surface area (Å²) in [6, 6.07) is 16.4. The number of halogens is 1. The molecule has 0 aliphatic heterocycles. The van der Waals surface area contributed by atoms with Gasteiger partial charge in [-0.1, -0.05) is 54.6 Å². The van der Waals surface area contributed by atoms with Crippen LogP contribution in [-0.4, -0.2) is 23.9 Å². The van der Waals surface area contributed by atoms with Gasteiger partial charge >= 0.3 is 0 Å². The highest BCUT2D eigenvalue weighted by molar-refractivity contribution is 5.78. The van der Waals surface area contributed by atoms with Crippen molar-refractivity contribution < 1.29 is 9.18 Å². The van der Waals surface area contributed by atoms with Crippen LogP contribution >= 0.6 is 0 Å². The van der Waals surface area contributed by atoms with E-state index in [0.717, 1.165) is 5.56 Å². The van der Waals surface area contributed by atoms with Crippen LogP contribution in [0.2, 0.25) is 0 Å². The van der Waals surface area contributed by atoms with E-state index < -0.39 is 0 Å². The fourth-order valence-electron chi connectivity index (χ4n) is 2.30. The van der Waals surface area contributed by atoms with Crippen molar-refractivity contribution in [3.63, 3.8) is 0 Å². The number of rotatable bonds is 8. The zero-order chi connectivity index (χ0) is 16.5. The van der Waals surface area contributed by atoms with Crippen molar-refractivity contribution in [2.45, 2.75) is 13.1 Å². The minimum absolute atomic E-state index is 0.133. The van der Waals surface area contributed by atoms with Crippen LogP contribution in [0.1, 0.15) is 11.1 Å². The summed E-state index contributed by atoms with van der Waals surface area (Å²) in [4.78, 5) is 14.1. The molecular formula is C19H21FN2O. The number of nitrogens with one attached hydrogen (secondary N) is 1. The third kappa shape index (κ3) is 5.68. The lowest BCUT2D eigenvalue weighted by Crippen LogP contribution is -2.36. The Morgan fingerprint density at radius 2 is 1.83 bits per heavy atom. The van der Waals surface area contributed by atoms with Crippen molar-refractivity contribution in [1.82, 2.24) is 10.2 Å². The summed E-state index contributed by atoms with van der Waals surface area (Å²) in [5.41, 5.74) is 1.62. The largest absolute Gasteiger partial charge is 0.351 e. The molecule has 120 valence electrons. The van der Waals surface area contributed by atoms with Gasteiger partial charge in [-0.15, -0.1) is 6.58 Å². The average Bonchev–Trinajstić information content (AvgIpc) is 2.55. The van der Waals surface area contributed by atoms with Crippen LogP contribution in [0.3, 0.4) is 0 Å². The van der Waals surface area contributed by atoms with E-state index in [1.807, 2.05) is 35.2 Å². The Labute approximate surface area is 136 Å². The lowest BCUT2D eigenvalue weighted by molar-refractivity contribution is -0.122. The molecule has 1 N–H and O–H groups in total. The fraction of sp³-hybridized carbons (Fsp3) is 0.211. The molecule has 0 aromatic heterocycles. The van der Waals surface area contributed by atoms with Gasteiger partial charge in [0.15, 0.2) is 0 Å². The third-order valence-corrected chi connectivity index (χ3v) is 3.44. The lowest BCUT2D eigenvalue weighted by atomic mass is 10.2. The molecule has 0 saturated heterocycles. The van der Waals surface area contributed by atoms with Gasteiger partial charge in [0.05, 0.1) is 6.54 Å². The number of carbonyl (C=O) groups excluding carboxylic acids is 1. The number of amides is 1. The second-order valence-corrected chi connectivity index (χ2v) is 5.31. The maximum absolute atomic E-state index is 13.5.